The second-order valence-electron chi connectivity index (χ2n) is 23.2. The van der Waals surface area contributed by atoms with Gasteiger partial charge in [-0.1, -0.05) is 187 Å². The number of hydrogen-bond donors (Lipinski definition) is 0. The number of pyridine rings is 1. The van der Waals surface area contributed by atoms with Crippen molar-refractivity contribution in [2.45, 2.75) is 113 Å². The second kappa shape index (κ2) is 18.1. The predicted molar refractivity (Wildman–Crippen MR) is 286 cm³/mol. The minimum Gasteiger partial charge on any atom is -0.509 e. The van der Waals surface area contributed by atoms with Crippen LogP contribution in [-0.4, -0.2) is 9.55 Å². The van der Waals surface area contributed by atoms with E-state index in [9.17, 15) is 0 Å². The van der Waals surface area contributed by atoms with Crippen molar-refractivity contribution in [1.29, 1.82) is 0 Å². The fraction of sp³-hybridized carbons (Fsp3) is 0.302. The van der Waals surface area contributed by atoms with Crippen LogP contribution in [0.15, 0.2) is 157 Å². The van der Waals surface area contributed by atoms with Crippen molar-refractivity contribution in [3.8, 4) is 28.4 Å². The Morgan fingerprint density at radius 3 is 1.75 bits per heavy atom. The number of benzene rings is 6. The fourth-order valence-corrected chi connectivity index (χ4v) is 9.64. The molecule has 6 heteroatoms. The predicted octanol–water partition coefficient (Wildman–Crippen LogP) is 16.9. The Balaban J connectivity index is 0.00000642. The monoisotopic (exact) mass is 1090 g/mol. The van der Waals surface area contributed by atoms with Gasteiger partial charge in [-0.25, -0.2) is 4.98 Å². The van der Waals surface area contributed by atoms with E-state index in [1.54, 1.807) is 0 Å². The molecule has 0 radical (unpaired) electrons. The van der Waals surface area contributed by atoms with Crippen molar-refractivity contribution in [3.63, 3.8) is 0 Å². The number of ether oxygens (including phenoxy) is 1. The summed E-state index contributed by atoms with van der Waals surface area (Å²) in [5, 5.41) is 2.23. The Morgan fingerprint density at radius 1 is 0.478 bits per heavy atom. The third kappa shape index (κ3) is 9.70. The molecule has 0 fully saturated rings. The number of anilines is 2. The van der Waals surface area contributed by atoms with Crippen molar-refractivity contribution in [2.75, 3.05) is 9.80 Å². The molecule has 8 aromatic rings. The number of allylic oxidation sites excluding steroid dienone is 2. The zero-order valence-electron chi connectivity index (χ0n) is 42.9. The Labute approximate surface area is 426 Å². The third-order valence-corrected chi connectivity index (χ3v) is 13.5. The third-order valence-electron chi connectivity index (χ3n) is 13.5. The summed E-state index contributed by atoms with van der Waals surface area (Å²) in [6.45, 7) is 34.5. The molecule has 5 nitrogen and oxygen atoms in total. The van der Waals surface area contributed by atoms with Crippen LogP contribution in [0.1, 0.15) is 119 Å². The van der Waals surface area contributed by atoms with Gasteiger partial charge in [0, 0.05) is 72.2 Å². The summed E-state index contributed by atoms with van der Waals surface area (Å²) in [5.74, 6) is 2.07. The first-order chi connectivity index (χ1) is 32.0. The molecule has 1 aliphatic heterocycles. The van der Waals surface area contributed by atoms with Crippen LogP contribution in [0.3, 0.4) is 0 Å². The molecule has 69 heavy (non-hydrogen) atoms. The molecule has 3 heterocycles. The Morgan fingerprint density at radius 2 is 1.10 bits per heavy atom. The summed E-state index contributed by atoms with van der Waals surface area (Å²) < 4.78 is 9.27. The van der Waals surface area contributed by atoms with Crippen molar-refractivity contribution in [1.82, 2.24) is 9.55 Å². The standard InChI is InChI=1S/C63H67N4O.Pt/c1-59(2,3)45-31-32-64-56(38-45)67-54-28-22-21-27-52(54)53-30-29-50(40-55(53)67)68-51-37-47(63(13,14)44-25-19-16-20-26-44)36-49(39-51)66-41-65(57(61(7,8)9)58(66)62(10,11)12)48-34-43(42-23-17-15-18-24-42)33-46(35-48)60(4,5)6;/h15-38,41H,1-14H3;/q-3;. The first-order valence-electron chi connectivity index (χ1n) is 24.1. The second-order valence-corrected chi connectivity index (χ2v) is 23.2. The summed E-state index contributed by atoms with van der Waals surface area (Å²) in [5.41, 5.74) is 12.7. The molecule has 0 aliphatic carbocycles. The normalized spacial score (nSPS) is 13.9. The largest absolute Gasteiger partial charge is 0.509 e. The van der Waals surface area contributed by atoms with Crippen molar-refractivity contribution in [3.05, 3.63) is 198 Å². The van der Waals surface area contributed by atoms with Gasteiger partial charge in [0.2, 0.25) is 0 Å². The molecule has 0 saturated heterocycles. The Bertz CT molecular complexity index is 3190. The van der Waals surface area contributed by atoms with E-state index in [1.807, 2.05) is 12.3 Å². The molecule has 0 unspecified atom stereocenters. The van der Waals surface area contributed by atoms with E-state index in [4.69, 9.17) is 9.72 Å². The van der Waals surface area contributed by atoms with Crippen molar-refractivity contribution < 1.29 is 25.8 Å². The first kappa shape index (κ1) is 49.5. The zero-order chi connectivity index (χ0) is 48.6. The average molecular weight is 1090 g/mol. The van der Waals surface area contributed by atoms with Crippen LogP contribution in [0, 0.1) is 29.6 Å². The summed E-state index contributed by atoms with van der Waals surface area (Å²) in [4.78, 5) is 9.74. The number of nitrogens with zero attached hydrogens (tertiary/aromatic N) is 4. The quantitative estimate of drug-likeness (QED) is 0.142. The van der Waals surface area contributed by atoms with Gasteiger partial charge in [0.1, 0.15) is 5.82 Å². The summed E-state index contributed by atoms with van der Waals surface area (Å²) in [7, 11) is 0. The van der Waals surface area contributed by atoms with E-state index >= 15 is 0 Å². The van der Waals surface area contributed by atoms with E-state index in [2.05, 4.69) is 264 Å². The van der Waals surface area contributed by atoms with Gasteiger partial charge >= 0.3 is 0 Å². The van der Waals surface area contributed by atoms with Crippen LogP contribution < -0.4 is 14.5 Å². The maximum Gasteiger partial charge on any atom is 0.135 e. The average Bonchev–Trinajstić information content (AvgIpc) is 3.87. The number of aromatic nitrogens is 2. The maximum atomic E-state index is 7.05. The molecular formula is C63H67N4OPt-3. The summed E-state index contributed by atoms with van der Waals surface area (Å²) >= 11 is 0. The van der Waals surface area contributed by atoms with E-state index in [0.717, 1.165) is 44.6 Å². The Kier molecular flexibility index (Phi) is 13.0. The maximum absolute atomic E-state index is 7.05. The van der Waals surface area contributed by atoms with Gasteiger partial charge in [-0.2, -0.15) is 6.07 Å². The van der Waals surface area contributed by atoms with Gasteiger partial charge in [-0.3, -0.25) is 0 Å². The molecule has 1 aliphatic rings. The van der Waals surface area contributed by atoms with E-state index in [1.165, 1.54) is 39.2 Å². The van der Waals surface area contributed by atoms with Crippen LogP contribution >= 0.6 is 0 Å². The van der Waals surface area contributed by atoms with Gasteiger partial charge in [-0.15, -0.1) is 53.6 Å². The van der Waals surface area contributed by atoms with Gasteiger partial charge in [0.05, 0.1) is 0 Å². The van der Waals surface area contributed by atoms with E-state index in [-0.39, 0.29) is 48.1 Å². The molecule has 9 rings (SSSR count). The SMILES string of the molecule is CC(C)(C)C1=C(C(C)(C)C)N(c2cc(-c3ccccc3)cc(C(C)(C)C)c2)[CH-]N1c1[c-]c(Oc2[c-]c3c(cc2)c2ccccc2n3-c2cc(C(C)(C)C)ccn2)cc(C(C)(C)c2ccccc2)c1.[Pt]. The van der Waals surface area contributed by atoms with Gasteiger partial charge in [-0.05, 0) is 79.8 Å². The van der Waals surface area contributed by atoms with Gasteiger partial charge in [0.15, 0.2) is 0 Å². The molecule has 0 amide bonds. The molecule has 2 aromatic heterocycles. The number of fused-ring (bicyclic) bond motifs is 3. The van der Waals surface area contributed by atoms with Crippen molar-refractivity contribution >= 4 is 33.2 Å². The minimum atomic E-state index is -0.378. The molecule has 0 N–H and O–H groups in total. The molecule has 0 atom stereocenters. The minimum absolute atomic E-state index is 0. The molecule has 0 spiro atoms. The molecule has 358 valence electrons. The fourth-order valence-electron chi connectivity index (χ4n) is 9.64. The number of para-hydroxylation sites is 1. The van der Waals surface area contributed by atoms with Gasteiger partial charge in [0.25, 0.3) is 0 Å². The van der Waals surface area contributed by atoms with E-state index in [0.29, 0.717) is 11.5 Å². The molecule has 0 saturated carbocycles. The van der Waals surface area contributed by atoms with Crippen LogP contribution in [-0.2, 0) is 37.3 Å². The molecule has 0 bridgehead atoms. The summed E-state index contributed by atoms with van der Waals surface area (Å²) in [6.07, 6.45) is 1.92. The van der Waals surface area contributed by atoms with Crippen LogP contribution in [0.2, 0.25) is 0 Å². The number of rotatable bonds is 8. The zero-order valence-corrected chi connectivity index (χ0v) is 45.2. The van der Waals surface area contributed by atoms with E-state index < -0.39 is 0 Å². The van der Waals surface area contributed by atoms with Crippen LogP contribution in [0.5, 0.6) is 11.5 Å². The Hall–Kier alpha value is -5.90. The molecular weight excluding hydrogens is 1020 g/mol. The van der Waals surface area contributed by atoms with Gasteiger partial charge < -0.3 is 19.1 Å². The molecule has 6 aromatic carbocycles. The van der Waals surface area contributed by atoms with Crippen molar-refractivity contribution in [2.24, 2.45) is 10.8 Å². The van der Waals surface area contributed by atoms with Crippen LogP contribution in [0.4, 0.5) is 11.4 Å². The topological polar surface area (TPSA) is 33.5 Å². The summed E-state index contributed by atoms with van der Waals surface area (Å²) in [6, 6.07) is 57.7. The smallest absolute Gasteiger partial charge is 0.135 e. The first-order valence-corrected chi connectivity index (χ1v) is 24.1. The number of hydrogen-bond acceptors (Lipinski definition) is 4. The van der Waals surface area contributed by atoms with Crippen LogP contribution in [0.25, 0.3) is 38.8 Å².